The number of thiazole rings is 1. The molecular weight excluding hydrogens is 284 g/mol. The first-order chi connectivity index (χ1) is 10.1. The third-order valence-electron chi connectivity index (χ3n) is 3.31. The van der Waals surface area contributed by atoms with Crippen LogP contribution in [-0.4, -0.2) is 24.7 Å². The molecule has 7 heteroatoms. The highest BCUT2D eigenvalue weighted by Gasteiger charge is 2.14. The lowest BCUT2D eigenvalue weighted by Crippen LogP contribution is -2.06. The second-order valence-electron chi connectivity index (χ2n) is 4.95. The predicted molar refractivity (Wildman–Crippen MR) is 84.6 cm³/mol. The lowest BCUT2D eigenvalue weighted by molar-refractivity contribution is 0.781. The summed E-state index contributed by atoms with van der Waals surface area (Å²) < 4.78 is 1.84. The summed E-state index contributed by atoms with van der Waals surface area (Å²) >= 11 is 1.69. The molecule has 0 aromatic carbocycles. The van der Waals surface area contributed by atoms with Crippen LogP contribution < -0.4 is 5.32 Å². The maximum atomic E-state index is 4.62. The van der Waals surface area contributed by atoms with Gasteiger partial charge in [0.15, 0.2) is 5.82 Å². The minimum atomic E-state index is 0.713. The van der Waals surface area contributed by atoms with E-state index >= 15 is 0 Å². The molecule has 0 fully saturated rings. The number of aryl methyl sites for hydroxylation is 4. The molecule has 0 saturated heterocycles. The maximum absolute atomic E-state index is 4.62. The van der Waals surface area contributed by atoms with Crippen LogP contribution in [0, 0.1) is 13.8 Å². The first-order valence-corrected chi connectivity index (χ1v) is 7.75. The molecule has 0 aliphatic carbocycles. The van der Waals surface area contributed by atoms with Crippen LogP contribution in [0.25, 0.3) is 11.0 Å². The molecule has 0 saturated carbocycles. The Kier molecular flexibility index (Phi) is 3.59. The van der Waals surface area contributed by atoms with Crippen molar-refractivity contribution >= 4 is 28.2 Å². The zero-order valence-corrected chi connectivity index (χ0v) is 13.5. The van der Waals surface area contributed by atoms with Crippen molar-refractivity contribution in [3.05, 3.63) is 27.6 Å². The molecule has 3 rings (SSSR count). The Balaban J connectivity index is 1.99. The highest BCUT2D eigenvalue weighted by Crippen LogP contribution is 2.23. The highest BCUT2D eigenvalue weighted by molar-refractivity contribution is 7.11. The van der Waals surface area contributed by atoms with Crippen molar-refractivity contribution in [2.45, 2.75) is 33.7 Å². The van der Waals surface area contributed by atoms with Crippen LogP contribution in [0.15, 0.2) is 6.20 Å². The van der Waals surface area contributed by atoms with E-state index in [2.05, 4.69) is 32.3 Å². The van der Waals surface area contributed by atoms with E-state index in [1.807, 2.05) is 31.8 Å². The van der Waals surface area contributed by atoms with Gasteiger partial charge in [0.1, 0.15) is 16.9 Å². The number of hydrogen-bond donors (Lipinski definition) is 1. The lowest BCUT2D eigenvalue weighted by atomic mass is 10.3. The molecule has 3 aromatic heterocycles. The standard InChI is InChI=1S/C14H18N6S/c1-5-11-17-12-8(2)19-20(4)13(12)14(18-11)16-7-10-6-15-9(3)21-10/h6H,5,7H2,1-4H3,(H,16,17,18). The first-order valence-electron chi connectivity index (χ1n) is 6.94. The molecule has 3 aromatic rings. The van der Waals surface area contributed by atoms with Crippen molar-refractivity contribution in [1.29, 1.82) is 0 Å². The second-order valence-corrected chi connectivity index (χ2v) is 6.27. The average Bonchev–Trinajstić information content (AvgIpc) is 3.00. The van der Waals surface area contributed by atoms with Gasteiger partial charge in [-0.05, 0) is 13.8 Å². The largest absolute Gasteiger partial charge is 0.363 e. The van der Waals surface area contributed by atoms with Crippen LogP contribution in [0.4, 0.5) is 5.82 Å². The van der Waals surface area contributed by atoms with E-state index in [-0.39, 0.29) is 0 Å². The summed E-state index contributed by atoms with van der Waals surface area (Å²) in [6.45, 7) is 6.76. The lowest BCUT2D eigenvalue weighted by Gasteiger charge is -2.08. The number of nitrogens with zero attached hydrogens (tertiary/aromatic N) is 5. The van der Waals surface area contributed by atoms with Gasteiger partial charge in [-0.1, -0.05) is 6.92 Å². The second kappa shape index (κ2) is 5.40. The van der Waals surface area contributed by atoms with E-state index in [9.17, 15) is 0 Å². The zero-order valence-electron chi connectivity index (χ0n) is 12.6. The SMILES string of the molecule is CCc1nc(NCc2cnc(C)s2)c2c(n1)c(C)nn2C. The van der Waals surface area contributed by atoms with Crippen molar-refractivity contribution in [1.82, 2.24) is 24.7 Å². The molecule has 1 N–H and O–H groups in total. The number of anilines is 1. The van der Waals surface area contributed by atoms with E-state index in [1.54, 1.807) is 11.3 Å². The van der Waals surface area contributed by atoms with E-state index in [0.29, 0.717) is 6.54 Å². The molecule has 21 heavy (non-hydrogen) atoms. The normalized spacial score (nSPS) is 11.2. The summed E-state index contributed by atoms with van der Waals surface area (Å²) in [4.78, 5) is 14.7. The molecule has 110 valence electrons. The Hall–Kier alpha value is -2.02. The van der Waals surface area contributed by atoms with Crippen molar-refractivity contribution in [2.24, 2.45) is 7.05 Å². The van der Waals surface area contributed by atoms with Gasteiger partial charge in [-0.25, -0.2) is 15.0 Å². The van der Waals surface area contributed by atoms with Crippen molar-refractivity contribution in [3.8, 4) is 0 Å². The van der Waals surface area contributed by atoms with Gasteiger partial charge in [-0.15, -0.1) is 11.3 Å². The molecule has 0 amide bonds. The number of rotatable bonds is 4. The van der Waals surface area contributed by atoms with Crippen LogP contribution >= 0.6 is 11.3 Å². The highest BCUT2D eigenvalue weighted by atomic mass is 32.1. The summed E-state index contributed by atoms with van der Waals surface area (Å²) in [7, 11) is 1.92. The van der Waals surface area contributed by atoms with Gasteiger partial charge in [0.25, 0.3) is 0 Å². The summed E-state index contributed by atoms with van der Waals surface area (Å²) in [5.74, 6) is 1.67. The molecule has 0 aliphatic heterocycles. The van der Waals surface area contributed by atoms with Gasteiger partial charge >= 0.3 is 0 Å². The molecule has 0 radical (unpaired) electrons. The van der Waals surface area contributed by atoms with Gasteiger partial charge in [-0.3, -0.25) is 4.68 Å². The maximum Gasteiger partial charge on any atom is 0.156 e. The van der Waals surface area contributed by atoms with Crippen molar-refractivity contribution < 1.29 is 0 Å². The molecule has 0 unspecified atom stereocenters. The van der Waals surface area contributed by atoms with Gasteiger partial charge in [0.05, 0.1) is 17.2 Å². The molecule has 3 heterocycles. The van der Waals surface area contributed by atoms with Gasteiger partial charge in [0, 0.05) is 24.5 Å². The van der Waals surface area contributed by atoms with Crippen LogP contribution in [0.2, 0.25) is 0 Å². The van der Waals surface area contributed by atoms with E-state index in [4.69, 9.17) is 0 Å². The minimum Gasteiger partial charge on any atom is -0.363 e. The van der Waals surface area contributed by atoms with E-state index in [1.165, 1.54) is 4.88 Å². The summed E-state index contributed by atoms with van der Waals surface area (Å²) in [5, 5.41) is 8.93. The van der Waals surface area contributed by atoms with Gasteiger partial charge in [0.2, 0.25) is 0 Å². The Morgan fingerprint density at radius 2 is 2.10 bits per heavy atom. The quantitative estimate of drug-likeness (QED) is 0.802. The average molecular weight is 302 g/mol. The Morgan fingerprint density at radius 1 is 1.29 bits per heavy atom. The molecular formula is C14H18N6S. The van der Waals surface area contributed by atoms with Crippen LogP contribution in [0.1, 0.15) is 28.3 Å². The van der Waals surface area contributed by atoms with Crippen LogP contribution in [0.5, 0.6) is 0 Å². The molecule has 6 nitrogen and oxygen atoms in total. The Bertz CT molecular complexity index is 788. The summed E-state index contributed by atoms with van der Waals surface area (Å²) in [6.07, 6.45) is 2.71. The number of aromatic nitrogens is 5. The van der Waals surface area contributed by atoms with Crippen molar-refractivity contribution in [2.75, 3.05) is 5.32 Å². The Morgan fingerprint density at radius 3 is 2.76 bits per heavy atom. The molecule has 0 spiro atoms. The van der Waals surface area contributed by atoms with Crippen LogP contribution in [-0.2, 0) is 20.0 Å². The fourth-order valence-electron chi connectivity index (χ4n) is 2.32. The minimum absolute atomic E-state index is 0.713. The number of hydrogen-bond acceptors (Lipinski definition) is 6. The smallest absolute Gasteiger partial charge is 0.156 e. The van der Waals surface area contributed by atoms with Crippen LogP contribution in [0.3, 0.4) is 0 Å². The van der Waals surface area contributed by atoms with Gasteiger partial charge < -0.3 is 5.32 Å². The van der Waals surface area contributed by atoms with E-state index < -0.39 is 0 Å². The predicted octanol–water partition coefficient (Wildman–Crippen LogP) is 2.61. The fraction of sp³-hybridized carbons (Fsp3) is 0.429. The number of nitrogens with one attached hydrogen (secondary N) is 1. The van der Waals surface area contributed by atoms with Crippen molar-refractivity contribution in [3.63, 3.8) is 0 Å². The monoisotopic (exact) mass is 302 g/mol. The Labute approximate surface area is 127 Å². The van der Waals surface area contributed by atoms with E-state index in [0.717, 1.165) is 39.8 Å². The number of fused-ring (bicyclic) bond motifs is 1. The third kappa shape index (κ3) is 2.61. The molecule has 0 bridgehead atoms. The zero-order chi connectivity index (χ0) is 15.0. The summed E-state index contributed by atoms with van der Waals surface area (Å²) in [6, 6.07) is 0. The van der Waals surface area contributed by atoms with Gasteiger partial charge in [-0.2, -0.15) is 5.10 Å². The fourth-order valence-corrected chi connectivity index (χ4v) is 3.06. The summed E-state index contributed by atoms with van der Waals surface area (Å²) in [5.41, 5.74) is 2.81. The first kappa shape index (κ1) is 13.9. The third-order valence-corrected chi connectivity index (χ3v) is 4.22. The molecule has 0 atom stereocenters. The molecule has 0 aliphatic rings. The topological polar surface area (TPSA) is 68.5 Å².